The molecule has 3 amide bonds. The maximum atomic E-state index is 12.7. The molecule has 1 aliphatic rings. The van der Waals surface area contributed by atoms with E-state index in [1.54, 1.807) is 34.1 Å². The van der Waals surface area contributed by atoms with Gasteiger partial charge in [0.15, 0.2) is 0 Å². The van der Waals surface area contributed by atoms with Crippen LogP contribution in [-0.4, -0.2) is 53.3 Å². The second kappa shape index (κ2) is 8.54. The summed E-state index contributed by atoms with van der Waals surface area (Å²) in [7, 11) is 0. The molecule has 1 saturated heterocycles. The molecule has 0 unspecified atom stereocenters. The molecule has 7 heteroatoms. The van der Waals surface area contributed by atoms with Gasteiger partial charge in [0.1, 0.15) is 19.8 Å². The molecule has 6 nitrogen and oxygen atoms in total. The van der Waals surface area contributed by atoms with E-state index in [0.29, 0.717) is 17.1 Å². The third kappa shape index (κ3) is 4.97. The van der Waals surface area contributed by atoms with E-state index in [2.05, 4.69) is 0 Å². The van der Waals surface area contributed by atoms with Crippen LogP contribution in [0.5, 0.6) is 0 Å². The van der Waals surface area contributed by atoms with Gasteiger partial charge < -0.3 is 9.80 Å². The molecule has 1 aromatic rings. The number of carbonyl (C=O) groups excluding carboxylic acids is 3. The molecular formula is C19H26ClN3O3. The van der Waals surface area contributed by atoms with Gasteiger partial charge >= 0.3 is 0 Å². The van der Waals surface area contributed by atoms with Crippen LogP contribution in [0.4, 0.5) is 5.69 Å². The number of benzene rings is 1. The molecule has 142 valence electrons. The van der Waals surface area contributed by atoms with Crippen molar-refractivity contribution in [3.63, 3.8) is 0 Å². The maximum absolute atomic E-state index is 12.7. The molecular weight excluding hydrogens is 354 g/mol. The van der Waals surface area contributed by atoms with Crippen LogP contribution in [-0.2, 0) is 14.4 Å². The first-order chi connectivity index (χ1) is 12.2. The first kappa shape index (κ1) is 20.2. The minimum Gasteiger partial charge on any atom is -0.331 e. The summed E-state index contributed by atoms with van der Waals surface area (Å²) in [6.07, 6.45) is 0.404. The molecule has 0 radical (unpaired) electrons. The van der Waals surface area contributed by atoms with Crippen molar-refractivity contribution in [1.82, 2.24) is 9.80 Å². The van der Waals surface area contributed by atoms with Crippen LogP contribution in [0, 0.1) is 5.92 Å². The summed E-state index contributed by atoms with van der Waals surface area (Å²) in [5.41, 5.74) is 0.700. The van der Waals surface area contributed by atoms with Crippen LogP contribution in [0.2, 0.25) is 5.02 Å². The van der Waals surface area contributed by atoms with Crippen molar-refractivity contribution in [2.45, 2.75) is 40.2 Å². The van der Waals surface area contributed by atoms with Crippen LogP contribution in [0.1, 0.15) is 34.1 Å². The molecule has 1 aromatic carbocycles. The minimum atomic E-state index is -0.222. The fraction of sp³-hybridized carbons (Fsp3) is 0.526. The van der Waals surface area contributed by atoms with Gasteiger partial charge in [-0.25, -0.2) is 0 Å². The molecule has 0 aliphatic carbocycles. The normalized spacial score (nSPS) is 14.5. The number of amides is 3. The lowest BCUT2D eigenvalue weighted by atomic mass is 10.1. The number of halogens is 1. The number of hydrogen-bond donors (Lipinski definition) is 0. The Labute approximate surface area is 159 Å². The average Bonchev–Trinajstić information content (AvgIpc) is 2.94. The topological polar surface area (TPSA) is 60.9 Å². The zero-order valence-electron chi connectivity index (χ0n) is 15.7. The molecule has 0 N–H and O–H groups in total. The number of anilines is 1. The summed E-state index contributed by atoms with van der Waals surface area (Å²) in [4.78, 5) is 42.0. The lowest BCUT2D eigenvalue weighted by Crippen LogP contribution is -2.46. The third-order valence-corrected chi connectivity index (χ3v) is 4.51. The summed E-state index contributed by atoms with van der Waals surface area (Å²) in [6.45, 7) is 7.92. The monoisotopic (exact) mass is 379 g/mol. The third-order valence-electron chi connectivity index (χ3n) is 4.26. The van der Waals surface area contributed by atoms with Gasteiger partial charge in [0.05, 0.1) is 0 Å². The highest BCUT2D eigenvalue weighted by Crippen LogP contribution is 2.22. The molecule has 0 aromatic heterocycles. The van der Waals surface area contributed by atoms with Crippen molar-refractivity contribution in [3.8, 4) is 0 Å². The molecule has 0 bridgehead atoms. The lowest BCUT2D eigenvalue weighted by molar-refractivity contribution is -0.142. The fourth-order valence-corrected chi connectivity index (χ4v) is 2.96. The second-order valence-corrected chi connectivity index (χ2v) is 7.68. The average molecular weight is 380 g/mol. The van der Waals surface area contributed by atoms with Gasteiger partial charge in [-0.3, -0.25) is 19.3 Å². The van der Waals surface area contributed by atoms with Gasteiger partial charge in [-0.1, -0.05) is 25.4 Å². The van der Waals surface area contributed by atoms with Crippen LogP contribution in [0.15, 0.2) is 24.3 Å². The van der Waals surface area contributed by atoms with E-state index in [4.69, 9.17) is 11.6 Å². The summed E-state index contributed by atoms with van der Waals surface area (Å²) in [5.74, 6) is -0.179. The Bertz CT molecular complexity index is 673. The Hall–Kier alpha value is -2.08. The van der Waals surface area contributed by atoms with Gasteiger partial charge in [-0.15, -0.1) is 0 Å². The highest BCUT2D eigenvalue weighted by atomic mass is 35.5. The van der Waals surface area contributed by atoms with E-state index in [9.17, 15) is 14.4 Å². The van der Waals surface area contributed by atoms with Crippen molar-refractivity contribution in [2.75, 3.05) is 24.7 Å². The van der Waals surface area contributed by atoms with E-state index >= 15 is 0 Å². The predicted octanol–water partition coefficient (Wildman–Crippen LogP) is 2.76. The molecule has 1 fully saturated rings. The van der Waals surface area contributed by atoms with E-state index in [1.807, 2.05) is 27.7 Å². The van der Waals surface area contributed by atoms with Crippen LogP contribution < -0.4 is 4.90 Å². The lowest BCUT2D eigenvalue weighted by Gasteiger charge is -2.28. The molecule has 1 heterocycles. The zero-order valence-corrected chi connectivity index (χ0v) is 16.5. The Morgan fingerprint density at radius 3 is 2.31 bits per heavy atom. The standard InChI is InChI=1S/C19H26ClN3O3/c1-13(2)9-17(24)22(14(3)4)11-18(25)21-10-19(26)23(12-21)16-7-5-15(20)6-8-16/h5-8,13-14H,9-12H2,1-4H3. The highest BCUT2D eigenvalue weighted by molar-refractivity contribution is 6.30. The quantitative estimate of drug-likeness (QED) is 0.763. The van der Waals surface area contributed by atoms with Crippen LogP contribution in [0.3, 0.4) is 0 Å². The van der Waals surface area contributed by atoms with E-state index in [-0.39, 0.29) is 49.4 Å². The van der Waals surface area contributed by atoms with Gasteiger partial charge in [-0.2, -0.15) is 0 Å². The van der Waals surface area contributed by atoms with Gasteiger partial charge in [0.25, 0.3) is 0 Å². The van der Waals surface area contributed by atoms with E-state index in [0.717, 1.165) is 0 Å². The Balaban J connectivity index is 2.04. The molecule has 1 aliphatic heterocycles. The minimum absolute atomic E-state index is 0.00897. The van der Waals surface area contributed by atoms with Gasteiger partial charge in [0.2, 0.25) is 17.7 Å². The number of hydrogen-bond acceptors (Lipinski definition) is 3. The van der Waals surface area contributed by atoms with Crippen molar-refractivity contribution < 1.29 is 14.4 Å². The van der Waals surface area contributed by atoms with E-state index < -0.39 is 0 Å². The molecule has 2 rings (SSSR count). The van der Waals surface area contributed by atoms with Crippen molar-refractivity contribution in [3.05, 3.63) is 29.3 Å². The number of rotatable bonds is 6. The molecule has 0 atom stereocenters. The highest BCUT2D eigenvalue weighted by Gasteiger charge is 2.33. The Morgan fingerprint density at radius 2 is 1.77 bits per heavy atom. The first-order valence-electron chi connectivity index (χ1n) is 8.82. The van der Waals surface area contributed by atoms with E-state index in [1.165, 1.54) is 4.90 Å². The molecule has 0 saturated carbocycles. The van der Waals surface area contributed by atoms with Gasteiger partial charge in [-0.05, 0) is 44.0 Å². The van der Waals surface area contributed by atoms with Crippen LogP contribution >= 0.6 is 11.6 Å². The molecule has 0 spiro atoms. The predicted molar refractivity (Wildman–Crippen MR) is 102 cm³/mol. The van der Waals surface area contributed by atoms with Crippen molar-refractivity contribution in [1.29, 1.82) is 0 Å². The SMILES string of the molecule is CC(C)CC(=O)N(CC(=O)N1CC(=O)N(c2ccc(Cl)cc2)C1)C(C)C. The largest absolute Gasteiger partial charge is 0.331 e. The summed E-state index contributed by atoms with van der Waals surface area (Å²) in [6, 6.07) is 6.84. The summed E-state index contributed by atoms with van der Waals surface area (Å²) in [5, 5.41) is 0.588. The fourth-order valence-electron chi connectivity index (χ4n) is 2.83. The second-order valence-electron chi connectivity index (χ2n) is 7.24. The summed E-state index contributed by atoms with van der Waals surface area (Å²) < 4.78 is 0. The Kier molecular flexibility index (Phi) is 6.64. The smallest absolute Gasteiger partial charge is 0.248 e. The van der Waals surface area contributed by atoms with Crippen LogP contribution in [0.25, 0.3) is 0 Å². The van der Waals surface area contributed by atoms with Gasteiger partial charge in [0, 0.05) is 23.2 Å². The van der Waals surface area contributed by atoms with Crippen molar-refractivity contribution in [2.24, 2.45) is 5.92 Å². The maximum Gasteiger partial charge on any atom is 0.248 e. The zero-order chi connectivity index (χ0) is 19.4. The van der Waals surface area contributed by atoms with Crippen molar-refractivity contribution >= 4 is 35.0 Å². The summed E-state index contributed by atoms with van der Waals surface area (Å²) >= 11 is 5.88. The Morgan fingerprint density at radius 1 is 1.15 bits per heavy atom. The molecule has 26 heavy (non-hydrogen) atoms. The first-order valence-corrected chi connectivity index (χ1v) is 9.20. The number of nitrogens with zero attached hydrogens (tertiary/aromatic N) is 3. The number of carbonyl (C=O) groups is 3.